The third kappa shape index (κ3) is 3.13. The van der Waals surface area contributed by atoms with Gasteiger partial charge in [-0.25, -0.2) is 9.78 Å². The molecule has 22 heavy (non-hydrogen) atoms. The molecule has 1 aromatic heterocycles. The third-order valence-electron chi connectivity index (χ3n) is 4.39. The maximum Gasteiger partial charge on any atom is 0.410 e. The number of nitrogens with zero attached hydrogens (tertiary/aromatic N) is 2. The second-order valence-corrected chi connectivity index (χ2v) is 8.95. The van der Waals surface area contributed by atoms with E-state index in [-0.39, 0.29) is 12.1 Å². The minimum Gasteiger partial charge on any atom is -0.444 e. The Labute approximate surface area is 153 Å². The van der Waals surface area contributed by atoms with Gasteiger partial charge in [-0.2, -0.15) is 0 Å². The molecule has 0 spiro atoms. The van der Waals surface area contributed by atoms with Gasteiger partial charge in [-0.3, -0.25) is 0 Å². The van der Waals surface area contributed by atoms with Crippen LogP contribution in [0.3, 0.4) is 0 Å². The quantitative estimate of drug-likeness (QED) is 0.433. The molecule has 2 saturated heterocycles. The Kier molecular flexibility index (Phi) is 4.44. The molecule has 0 unspecified atom stereocenters. The van der Waals surface area contributed by atoms with Crippen LogP contribution in [0.2, 0.25) is 0 Å². The van der Waals surface area contributed by atoms with Crippen molar-refractivity contribution >= 4 is 44.6 Å². The summed E-state index contributed by atoms with van der Waals surface area (Å²) in [5, 5.41) is 0. The van der Waals surface area contributed by atoms with Gasteiger partial charge >= 0.3 is 6.09 Å². The molecule has 0 N–H and O–H groups in total. The van der Waals surface area contributed by atoms with Crippen molar-refractivity contribution in [2.24, 2.45) is 0 Å². The molecule has 4 nitrogen and oxygen atoms in total. The van der Waals surface area contributed by atoms with Crippen molar-refractivity contribution in [2.45, 2.75) is 63.6 Å². The molecule has 3 rings (SSSR count). The van der Waals surface area contributed by atoms with Crippen molar-refractivity contribution in [1.82, 2.24) is 9.88 Å². The number of pyridine rings is 1. The summed E-state index contributed by atoms with van der Waals surface area (Å²) in [6, 6.07) is 2.70. The van der Waals surface area contributed by atoms with Crippen LogP contribution in [0, 0.1) is 3.70 Å². The molecule has 6 heteroatoms. The first-order valence-electron chi connectivity index (χ1n) is 7.58. The van der Waals surface area contributed by atoms with E-state index in [0.29, 0.717) is 12.0 Å². The number of carbonyl (C=O) groups is 1. The maximum atomic E-state index is 12.5. The average Bonchev–Trinajstić information content (AvgIpc) is 2.97. The Balaban J connectivity index is 1.81. The van der Waals surface area contributed by atoms with Gasteiger partial charge in [0.05, 0.1) is 0 Å². The molecule has 120 valence electrons. The zero-order valence-electron chi connectivity index (χ0n) is 13.0. The second kappa shape index (κ2) is 5.92. The molecule has 0 aromatic carbocycles. The number of aromatic nitrogens is 1. The monoisotopic (exact) mass is 478 g/mol. The van der Waals surface area contributed by atoms with Crippen molar-refractivity contribution in [1.29, 1.82) is 0 Å². The number of hydrogen-bond donors (Lipinski definition) is 0. The number of carbonyl (C=O) groups excluding carboxylic acids is 1. The fourth-order valence-corrected chi connectivity index (χ4v) is 4.25. The van der Waals surface area contributed by atoms with Gasteiger partial charge in [0, 0.05) is 28.7 Å². The normalized spacial score (nSPS) is 27.3. The molecule has 1 amide bonds. The van der Waals surface area contributed by atoms with Crippen LogP contribution in [0.1, 0.15) is 51.5 Å². The van der Waals surface area contributed by atoms with Crippen LogP contribution < -0.4 is 0 Å². The van der Waals surface area contributed by atoms with E-state index >= 15 is 0 Å². The van der Waals surface area contributed by atoms with E-state index in [2.05, 4.69) is 49.6 Å². The lowest BCUT2D eigenvalue weighted by Crippen LogP contribution is -2.40. The first kappa shape index (κ1) is 16.5. The largest absolute Gasteiger partial charge is 0.444 e. The minimum absolute atomic E-state index is 0.167. The first-order valence-corrected chi connectivity index (χ1v) is 9.45. The van der Waals surface area contributed by atoms with Crippen molar-refractivity contribution in [3.63, 3.8) is 0 Å². The fourth-order valence-electron chi connectivity index (χ4n) is 3.58. The smallest absolute Gasteiger partial charge is 0.410 e. The highest BCUT2D eigenvalue weighted by Crippen LogP contribution is 2.47. The van der Waals surface area contributed by atoms with E-state index < -0.39 is 5.60 Å². The fraction of sp³-hybridized carbons (Fsp3) is 0.625. The molecule has 2 aliphatic heterocycles. The zero-order chi connectivity index (χ0) is 16.1. The number of halogens is 2. The third-order valence-corrected chi connectivity index (χ3v) is 6.59. The maximum absolute atomic E-state index is 12.5. The average molecular weight is 479 g/mol. The van der Waals surface area contributed by atoms with Crippen LogP contribution in [0.5, 0.6) is 0 Å². The molecule has 2 aliphatic rings. The lowest BCUT2D eigenvalue weighted by molar-refractivity contribution is 0.0213. The summed E-state index contributed by atoms with van der Waals surface area (Å²) in [5.74, 6) is 0.368. The Morgan fingerprint density at radius 3 is 2.82 bits per heavy atom. The lowest BCUT2D eigenvalue weighted by atomic mass is 9.85. The van der Waals surface area contributed by atoms with Gasteiger partial charge in [0.1, 0.15) is 9.30 Å². The lowest BCUT2D eigenvalue weighted by Gasteiger charge is -2.28. The Morgan fingerprint density at radius 1 is 1.45 bits per heavy atom. The van der Waals surface area contributed by atoms with Crippen LogP contribution in [0.25, 0.3) is 0 Å². The summed E-state index contributed by atoms with van der Waals surface area (Å²) in [7, 11) is 0. The number of ether oxygens (including phenoxy) is 1. The highest BCUT2D eigenvalue weighted by Gasteiger charge is 2.50. The van der Waals surface area contributed by atoms with Crippen LogP contribution in [0.4, 0.5) is 4.79 Å². The van der Waals surface area contributed by atoms with Crippen LogP contribution in [-0.4, -0.2) is 33.7 Å². The minimum atomic E-state index is -0.442. The number of amides is 1. The molecule has 2 bridgehead atoms. The standard InChI is InChI=1S/C16H20BrIN2O2/c1-16(2,3)22-15(21)20-10-4-5-13(20)11(7-10)9-6-12(17)14(18)19-8-9/h6,8,10-11,13H,4-5,7H2,1-3H3/t10-,11+,13+/m0/s1. The first-order chi connectivity index (χ1) is 10.3. The van der Waals surface area contributed by atoms with E-state index in [0.717, 1.165) is 27.4 Å². The topological polar surface area (TPSA) is 42.4 Å². The van der Waals surface area contributed by atoms with E-state index in [4.69, 9.17) is 4.74 Å². The van der Waals surface area contributed by atoms with Gasteiger partial charge in [0.15, 0.2) is 0 Å². The number of hydrogen-bond acceptors (Lipinski definition) is 3. The van der Waals surface area contributed by atoms with Crippen molar-refractivity contribution in [3.8, 4) is 0 Å². The highest BCUT2D eigenvalue weighted by atomic mass is 127. The van der Waals surface area contributed by atoms with Crippen LogP contribution >= 0.6 is 38.5 Å². The van der Waals surface area contributed by atoms with Crippen molar-refractivity contribution in [2.75, 3.05) is 0 Å². The highest BCUT2D eigenvalue weighted by molar-refractivity contribution is 14.1. The van der Waals surface area contributed by atoms with Gasteiger partial charge in [0.2, 0.25) is 0 Å². The summed E-state index contributed by atoms with van der Waals surface area (Å²) in [6.07, 6.45) is 4.93. The SMILES string of the molecule is CC(C)(C)OC(=O)N1[C@H]2CC[C@@H]1[C@@H](c1cnc(I)c(Br)c1)C2. The van der Waals surface area contributed by atoms with Gasteiger partial charge in [-0.1, -0.05) is 0 Å². The molecule has 0 radical (unpaired) electrons. The molecule has 2 fully saturated rings. The van der Waals surface area contributed by atoms with E-state index in [1.807, 2.05) is 31.9 Å². The Morgan fingerprint density at radius 2 is 2.18 bits per heavy atom. The molecule has 1 aromatic rings. The van der Waals surface area contributed by atoms with E-state index in [1.165, 1.54) is 5.56 Å². The molecule has 0 saturated carbocycles. The Bertz CT molecular complexity index is 602. The van der Waals surface area contributed by atoms with Crippen LogP contribution in [0.15, 0.2) is 16.7 Å². The Hall–Kier alpha value is -0.370. The number of rotatable bonds is 1. The summed E-state index contributed by atoms with van der Waals surface area (Å²) in [4.78, 5) is 18.9. The number of fused-ring (bicyclic) bond motifs is 2. The molecule has 0 aliphatic carbocycles. The van der Waals surface area contributed by atoms with Gasteiger partial charge in [-0.05, 0) is 90.2 Å². The van der Waals surface area contributed by atoms with Crippen molar-refractivity contribution < 1.29 is 9.53 Å². The van der Waals surface area contributed by atoms with Gasteiger partial charge < -0.3 is 9.64 Å². The molecule has 3 atom stereocenters. The summed E-state index contributed by atoms with van der Waals surface area (Å²) < 4.78 is 7.58. The predicted octanol–water partition coefficient (Wildman–Crippen LogP) is 4.70. The second-order valence-electron chi connectivity index (χ2n) is 7.07. The molecular weight excluding hydrogens is 459 g/mol. The van der Waals surface area contributed by atoms with Gasteiger partial charge in [-0.15, -0.1) is 0 Å². The van der Waals surface area contributed by atoms with Gasteiger partial charge in [0.25, 0.3) is 0 Å². The molecular formula is C16H20BrIN2O2. The van der Waals surface area contributed by atoms with E-state index in [1.54, 1.807) is 0 Å². The predicted molar refractivity (Wildman–Crippen MR) is 96.9 cm³/mol. The summed E-state index contributed by atoms with van der Waals surface area (Å²) in [5.41, 5.74) is 0.773. The zero-order valence-corrected chi connectivity index (χ0v) is 16.7. The molecule has 3 heterocycles. The van der Waals surface area contributed by atoms with Crippen molar-refractivity contribution in [3.05, 3.63) is 26.0 Å². The summed E-state index contributed by atoms with van der Waals surface area (Å²) in [6.45, 7) is 5.75. The van der Waals surface area contributed by atoms with E-state index in [9.17, 15) is 4.79 Å². The summed E-state index contributed by atoms with van der Waals surface area (Å²) >= 11 is 5.77. The van der Waals surface area contributed by atoms with Crippen LogP contribution in [-0.2, 0) is 4.74 Å².